The number of rotatable bonds is 4. The van der Waals surface area contributed by atoms with E-state index >= 15 is 0 Å². The molecular formula is C29H21FN2O. The van der Waals surface area contributed by atoms with Gasteiger partial charge in [-0.1, -0.05) is 66.7 Å². The molecule has 0 fully saturated rings. The van der Waals surface area contributed by atoms with Crippen molar-refractivity contribution in [2.45, 2.75) is 12.6 Å². The minimum absolute atomic E-state index is 0.0230. The first-order valence-electron chi connectivity index (χ1n) is 11.0. The molecule has 0 saturated carbocycles. The van der Waals surface area contributed by atoms with Gasteiger partial charge >= 0.3 is 0 Å². The Morgan fingerprint density at radius 3 is 2.30 bits per heavy atom. The third-order valence-electron chi connectivity index (χ3n) is 6.41. The Labute approximate surface area is 191 Å². The maximum Gasteiger partial charge on any atom is 0.255 e. The Morgan fingerprint density at radius 2 is 1.48 bits per heavy atom. The van der Waals surface area contributed by atoms with Crippen molar-refractivity contribution in [3.63, 3.8) is 0 Å². The van der Waals surface area contributed by atoms with E-state index < -0.39 is 0 Å². The molecule has 1 aliphatic heterocycles. The molecule has 0 unspecified atom stereocenters. The summed E-state index contributed by atoms with van der Waals surface area (Å²) < 4.78 is 13.7. The first-order valence-corrected chi connectivity index (χ1v) is 11.0. The summed E-state index contributed by atoms with van der Waals surface area (Å²) in [5, 5.41) is 1.06. The molecule has 1 aromatic heterocycles. The first kappa shape index (κ1) is 19.5. The van der Waals surface area contributed by atoms with Gasteiger partial charge in [0.1, 0.15) is 5.82 Å². The van der Waals surface area contributed by atoms with Crippen molar-refractivity contribution in [2.75, 3.05) is 0 Å². The summed E-state index contributed by atoms with van der Waals surface area (Å²) in [7, 11) is 0. The molecule has 0 bridgehead atoms. The standard InChI is InChI=1S/C29H21FN2O/c30-21-16-14-20(15-17-21)27-26(24-12-6-7-13-25(24)31-27)28-22-10-4-5-11-23(22)29(33)32(28)18-19-8-2-1-3-9-19/h1-17,28,31H,18H2/t28-/m0/s1. The molecule has 33 heavy (non-hydrogen) atoms. The van der Waals surface area contributed by atoms with Gasteiger partial charge in [-0.2, -0.15) is 0 Å². The highest BCUT2D eigenvalue weighted by molar-refractivity contribution is 6.02. The van der Waals surface area contributed by atoms with Crippen LogP contribution in [0.5, 0.6) is 0 Å². The van der Waals surface area contributed by atoms with Gasteiger partial charge in [0.2, 0.25) is 0 Å². The fourth-order valence-corrected chi connectivity index (χ4v) is 4.92. The van der Waals surface area contributed by atoms with Gasteiger partial charge in [0, 0.05) is 28.6 Å². The highest BCUT2D eigenvalue weighted by Gasteiger charge is 2.40. The van der Waals surface area contributed by atoms with Crippen molar-refractivity contribution in [3.8, 4) is 11.3 Å². The van der Waals surface area contributed by atoms with Crippen molar-refractivity contribution in [1.29, 1.82) is 0 Å². The number of aromatic nitrogens is 1. The number of carbonyl (C=O) groups is 1. The largest absolute Gasteiger partial charge is 0.354 e. The lowest BCUT2D eigenvalue weighted by Gasteiger charge is -2.27. The summed E-state index contributed by atoms with van der Waals surface area (Å²) in [4.78, 5) is 19.1. The maximum atomic E-state index is 13.7. The van der Waals surface area contributed by atoms with E-state index in [-0.39, 0.29) is 17.8 Å². The van der Waals surface area contributed by atoms with Gasteiger partial charge in [0.15, 0.2) is 0 Å². The average molecular weight is 432 g/mol. The topological polar surface area (TPSA) is 36.1 Å². The van der Waals surface area contributed by atoms with E-state index in [1.54, 1.807) is 12.1 Å². The van der Waals surface area contributed by atoms with Crippen molar-refractivity contribution < 1.29 is 9.18 Å². The van der Waals surface area contributed by atoms with E-state index in [4.69, 9.17) is 0 Å². The number of hydrogen-bond acceptors (Lipinski definition) is 1. The van der Waals surface area contributed by atoms with Crippen LogP contribution in [0.2, 0.25) is 0 Å². The Hall–Kier alpha value is -4.18. The first-order chi connectivity index (χ1) is 16.2. The van der Waals surface area contributed by atoms with E-state index in [2.05, 4.69) is 11.1 Å². The average Bonchev–Trinajstić information content (AvgIpc) is 3.36. The van der Waals surface area contributed by atoms with E-state index in [1.807, 2.05) is 77.7 Å². The maximum absolute atomic E-state index is 13.7. The lowest BCUT2D eigenvalue weighted by molar-refractivity contribution is 0.0737. The highest BCUT2D eigenvalue weighted by atomic mass is 19.1. The van der Waals surface area contributed by atoms with Crippen LogP contribution in [0, 0.1) is 5.82 Å². The highest BCUT2D eigenvalue weighted by Crippen LogP contribution is 2.45. The molecule has 160 valence electrons. The second kappa shape index (κ2) is 7.75. The van der Waals surface area contributed by atoms with Crippen LogP contribution in [-0.4, -0.2) is 15.8 Å². The van der Waals surface area contributed by atoms with Crippen LogP contribution in [0.3, 0.4) is 0 Å². The minimum atomic E-state index is -0.275. The zero-order valence-electron chi connectivity index (χ0n) is 17.8. The van der Waals surface area contributed by atoms with Gasteiger partial charge in [-0.15, -0.1) is 0 Å². The van der Waals surface area contributed by atoms with Crippen LogP contribution in [0.1, 0.15) is 33.1 Å². The van der Waals surface area contributed by atoms with Crippen molar-refractivity contribution >= 4 is 16.8 Å². The quantitative estimate of drug-likeness (QED) is 0.336. The van der Waals surface area contributed by atoms with Gasteiger partial charge < -0.3 is 9.88 Å². The number of aromatic amines is 1. The van der Waals surface area contributed by atoms with Gasteiger partial charge in [-0.3, -0.25) is 4.79 Å². The zero-order valence-corrected chi connectivity index (χ0v) is 17.8. The number of halogens is 1. The second-order valence-electron chi connectivity index (χ2n) is 8.37. The number of hydrogen-bond donors (Lipinski definition) is 1. The Balaban J connectivity index is 1.60. The van der Waals surface area contributed by atoms with Crippen LogP contribution in [0.25, 0.3) is 22.2 Å². The Morgan fingerprint density at radius 1 is 0.788 bits per heavy atom. The predicted molar refractivity (Wildman–Crippen MR) is 128 cm³/mol. The lowest BCUT2D eigenvalue weighted by atomic mass is 9.93. The molecule has 0 spiro atoms. The summed E-state index contributed by atoms with van der Waals surface area (Å²) in [5.41, 5.74) is 6.62. The number of nitrogens with zero attached hydrogens (tertiary/aromatic N) is 1. The fraction of sp³-hybridized carbons (Fsp3) is 0.0690. The summed E-state index contributed by atoms with van der Waals surface area (Å²) >= 11 is 0. The Kier molecular flexibility index (Phi) is 4.58. The number of carbonyl (C=O) groups excluding carboxylic acids is 1. The molecule has 1 aliphatic rings. The van der Waals surface area contributed by atoms with Crippen LogP contribution < -0.4 is 0 Å². The third-order valence-corrected chi connectivity index (χ3v) is 6.41. The summed E-state index contributed by atoms with van der Waals surface area (Å²) in [6.45, 7) is 0.501. The molecule has 1 atom stereocenters. The third kappa shape index (κ3) is 3.23. The summed E-state index contributed by atoms with van der Waals surface area (Å²) in [6, 6.07) is 32.3. The number of H-pyrrole nitrogens is 1. The molecular weight excluding hydrogens is 411 g/mol. The van der Waals surface area contributed by atoms with Gasteiger partial charge in [0.25, 0.3) is 5.91 Å². The molecule has 2 heterocycles. The van der Waals surface area contributed by atoms with Crippen molar-refractivity contribution in [1.82, 2.24) is 9.88 Å². The van der Waals surface area contributed by atoms with E-state index in [0.29, 0.717) is 6.54 Å². The van der Waals surface area contributed by atoms with Gasteiger partial charge in [0.05, 0.1) is 11.7 Å². The van der Waals surface area contributed by atoms with E-state index in [9.17, 15) is 9.18 Å². The molecule has 1 amide bonds. The monoisotopic (exact) mass is 432 g/mol. The zero-order chi connectivity index (χ0) is 22.4. The molecule has 3 nitrogen and oxygen atoms in total. The molecule has 4 heteroatoms. The molecule has 5 aromatic rings. The SMILES string of the molecule is O=C1c2ccccc2[C@@H](c2c(-c3ccc(F)cc3)[nH]c3ccccc23)N1Cc1ccccc1. The fourth-order valence-electron chi connectivity index (χ4n) is 4.92. The second-order valence-corrected chi connectivity index (χ2v) is 8.37. The molecule has 0 saturated heterocycles. The number of para-hydroxylation sites is 1. The smallest absolute Gasteiger partial charge is 0.255 e. The van der Waals surface area contributed by atoms with Crippen molar-refractivity contribution in [2.24, 2.45) is 0 Å². The number of benzene rings is 4. The molecule has 0 aliphatic carbocycles. The van der Waals surface area contributed by atoms with E-state index in [0.717, 1.165) is 44.4 Å². The summed E-state index contributed by atoms with van der Waals surface area (Å²) in [6.07, 6.45) is 0. The van der Waals surface area contributed by atoms with Crippen molar-refractivity contribution in [3.05, 3.63) is 131 Å². The van der Waals surface area contributed by atoms with Crippen LogP contribution in [0.4, 0.5) is 4.39 Å². The van der Waals surface area contributed by atoms with Crippen LogP contribution in [-0.2, 0) is 6.54 Å². The molecule has 4 aromatic carbocycles. The van der Waals surface area contributed by atoms with Gasteiger partial charge in [-0.25, -0.2) is 4.39 Å². The lowest BCUT2D eigenvalue weighted by Crippen LogP contribution is -2.28. The number of nitrogens with one attached hydrogen (secondary N) is 1. The minimum Gasteiger partial charge on any atom is -0.354 e. The van der Waals surface area contributed by atoms with E-state index in [1.165, 1.54) is 12.1 Å². The molecule has 0 radical (unpaired) electrons. The predicted octanol–water partition coefficient (Wildman–Crippen LogP) is 6.72. The van der Waals surface area contributed by atoms with Crippen LogP contribution in [0.15, 0.2) is 103 Å². The number of amides is 1. The molecule has 1 N–H and O–H groups in total. The Bertz CT molecular complexity index is 1470. The van der Waals surface area contributed by atoms with Gasteiger partial charge in [-0.05, 0) is 53.1 Å². The normalized spacial score (nSPS) is 15.2. The summed E-state index contributed by atoms with van der Waals surface area (Å²) in [5.74, 6) is -0.252. The molecule has 6 rings (SSSR count). The van der Waals surface area contributed by atoms with Crippen LogP contribution >= 0.6 is 0 Å². The number of fused-ring (bicyclic) bond motifs is 2.